The minimum Gasteiger partial charge on any atom is -0.390 e. The summed E-state index contributed by atoms with van der Waals surface area (Å²) in [6, 6.07) is 0. The van der Waals surface area contributed by atoms with Gasteiger partial charge in [0, 0.05) is 18.3 Å². The summed E-state index contributed by atoms with van der Waals surface area (Å²) in [6.45, 7) is 7.48. The van der Waals surface area contributed by atoms with E-state index in [1.165, 1.54) is 0 Å². The zero-order valence-corrected chi connectivity index (χ0v) is 11.5. The molecule has 0 aromatic rings. The van der Waals surface area contributed by atoms with E-state index < -0.39 is 29.1 Å². The normalized spacial score (nSPS) is 57.2. The molecule has 0 saturated heterocycles. The molecule has 0 amide bonds. The smallest absolute Gasteiger partial charge is 0.169 e. The first-order chi connectivity index (χ1) is 8.71. The second-order valence-electron chi connectivity index (χ2n) is 6.95. The molecule has 4 nitrogen and oxygen atoms in total. The summed E-state index contributed by atoms with van der Waals surface area (Å²) in [5.74, 6) is -0.771. The van der Waals surface area contributed by atoms with Crippen LogP contribution in [0.1, 0.15) is 33.1 Å². The largest absolute Gasteiger partial charge is 0.390 e. The van der Waals surface area contributed by atoms with E-state index in [4.69, 9.17) is 0 Å². The highest BCUT2D eigenvalue weighted by Gasteiger charge is 2.69. The van der Waals surface area contributed by atoms with Crippen LogP contribution in [0.5, 0.6) is 0 Å². The molecule has 0 aromatic carbocycles. The van der Waals surface area contributed by atoms with Crippen molar-refractivity contribution in [3.63, 3.8) is 0 Å². The molecule has 0 bridgehead atoms. The number of hydrogen-bond acceptors (Lipinski definition) is 4. The molecule has 4 heteroatoms. The van der Waals surface area contributed by atoms with Gasteiger partial charge in [-0.1, -0.05) is 13.5 Å². The quantitative estimate of drug-likeness (QED) is 0.563. The van der Waals surface area contributed by atoms with Crippen molar-refractivity contribution in [2.45, 2.75) is 50.4 Å². The zero-order valence-electron chi connectivity index (χ0n) is 11.5. The summed E-state index contributed by atoms with van der Waals surface area (Å²) in [4.78, 5) is 12.3. The van der Waals surface area contributed by atoms with Crippen LogP contribution in [0.4, 0.5) is 0 Å². The van der Waals surface area contributed by atoms with E-state index in [1.807, 2.05) is 6.92 Å². The Kier molecular flexibility index (Phi) is 2.58. The predicted octanol–water partition coefficient (Wildman–Crippen LogP) is 0.650. The first-order valence-electron chi connectivity index (χ1n) is 7.06. The van der Waals surface area contributed by atoms with Crippen molar-refractivity contribution in [3.05, 3.63) is 12.2 Å². The van der Waals surface area contributed by atoms with Gasteiger partial charge in [0.05, 0.1) is 11.7 Å². The first-order valence-corrected chi connectivity index (χ1v) is 7.06. The molecular weight excluding hydrogens is 244 g/mol. The van der Waals surface area contributed by atoms with E-state index in [9.17, 15) is 20.1 Å². The predicted molar refractivity (Wildman–Crippen MR) is 69.2 cm³/mol. The SMILES string of the molecule is C=C1[C@H](O)[C@@H]2[C@H]3[C@H](CC[C@@]2(C)O)[C@H](C)CC(=O)[C@@]13O. The molecule has 0 heterocycles. The summed E-state index contributed by atoms with van der Waals surface area (Å²) in [7, 11) is 0. The summed E-state index contributed by atoms with van der Waals surface area (Å²) >= 11 is 0. The maximum Gasteiger partial charge on any atom is 0.169 e. The minimum absolute atomic E-state index is 0.168. The molecule has 0 radical (unpaired) electrons. The van der Waals surface area contributed by atoms with Crippen LogP contribution in [0.25, 0.3) is 0 Å². The maximum atomic E-state index is 12.3. The number of rotatable bonds is 0. The Morgan fingerprint density at radius 2 is 1.95 bits per heavy atom. The van der Waals surface area contributed by atoms with E-state index >= 15 is 0 Å². The third kappa shape index (κ3) is 1.42. The Morgan fingerprint density at radius 1 is 1.32 bits per heavy atom. The number of hydrogen-bond donors (Lipinski definition) is 3. The van der Waals surface area contributed by atoms with Gasteiger partial charge in [-0.15, -0.1) is 0 Å². The lowest BCUT2D eigenvalue weighted by atomic mass is 9.55. The van der Waals surface area contributed by atoms with Crippen LogP contribution < -0.4 is 0 Å². The number of carbonyl (C=O) groups is 1. The monoisotopic (exact) mass is 266 g/mol. The van der Waals surface area contributed by atoms with Crippen LogP contribution in [0.15, 0.2) is 12.2 Å². The van der Waals surface area contributed by atoms with Crippen LogP contribution >= 0.6 is 0 Å². The fourth-order valence-electron chi connectivity index (χ4n) is 4.82. The van der Waals surface area contributed by atoms with Gasteiger partial charge >= 0.3 is 0 Å². The fourth-order valence-corrected chi connectivity index (χ4v) is 4.82. The Morgan fingerprint density at radius 3 is 2.58 bits per heavy atom. The summed E-state index contributed by atoms with van der Waals surface area (Å²) < 4.78 is 0. The third-order valence-electron chi connectivity index (χ3n) is 5.88. The van der Waals surface area contributed by atoms with E-state index in [2.05, 4.69) is 6.58 Å². The lowest BCUT2D eigenvalue weighted by Gasteiger charge is -2.51. The van der Waals surface area contributed by atoms with Crippen molar-refractivity contribution < 1.29 is 20.1 Å². The topological polar surface area (TPSA) is 77.8 Å². The van der Waals surface area contributed by atoms with Crippen molar-refractivity contribution in [3.8, 4) is 0 Å². The number of aliphatic hydroxyl groups excluding tert-OH is 1. The van der Waals surface area contributed by atoms with Gasteiger partial charge in [-0.3, -0.25) is 4.79 Å². The number of carbonyl (C=O) groups excluding carboxylic acids is 1. The minimum atomic E-state index is -1.63. The molecule has 106 valence electrons. The standard InChI is InChI=1S/C15H22O4/c1-7-6-10(16)15(19)8(2)13(17)12-11(15)9(7)4-5-14(12,3)18/h7,9,11-13,17-19H,2,4-6H2,1,3H3/t7-,9-,11-,12+,13+,14-,15+/m1/s1. The molecule has 3 saturated carbocycles. The second kappa shape index (κ2) is 3.68. The van der Waals surface area contributed by atoms with Crippen LogP contribution in [-0.4, -0.2) is 38.4 Å². The molecule has 3 rings (SSSR count). The van der Waals surface area contributed by atoms with Crippen LogP contribution in [0.3, 0.4) is 0 Å². The Bertz CT molecular complexity index is 455. The van der Waals surface area contributed by atoms with Gasteiger partial charge in [0.15, 0.2) is 5.78 Å². The summed E-state index contributed by atoms with van der Waals surface area (Å²) in [5.41, 5.74) is -2.50. The molecule has 3 N–H and O–H groups in total. The Balaban J connectivity index is 2.15. The number of aliphatic hydroxyl groups is 3. The van der Waals surface area contributed by atoms with E-state index in [0.717, 1.165) is 6.42 Å². The van der Waals surface area contributed by atoms with Gasteiger partial charge in [-0.2, -0.15) is 0 Å². The van der Waals surface area contributed by atoms with Crippen molar-refractivity contribution in [1.82, 2.24) is 0 Å². The summed E-state index contributed by atoms with van der Waals surface area (Å²) in [6.07, 6.45) is 0.711. The van der Waals surface area contributed by atoms with Crippen molar-refractivity contribution >= 4 is 5.78 Å². The lowest BCUT2D eigenvalue weighted by Crippen LogP contribution is -2.59. The Labute approximate surface area is 113 Å². The highest BCUT2D eigenvalue weighted by Crippen LogP contribution is 2.61. The molecule has 19 heavy (non-hydrogen) atoms. The molecule has 3 aliphatic rings. The summed E-state index contributed by atoms with van der Waals surface area (Å²) in [5, 5.41) is 31.8. The second-order valence-corrected chi connectivity index (χ2v) is 6.95. The molecular formula is C15H22O4. The van der Waals surface area contributed by atoms with Gasteiger partial charge in [0.1, 0.15) is 5.60 Å². The zero-order chi connectivity index (χ0) is 14.2. The van der Waals surface area contributed by atoms with Gasteiger partial charge in [0.25, 0.3) is 0 Å². The Hall–Kier alpha value is -0.710. The molecule has 7 atom stereocenters. The lowest BCUT2D eigenvalue weighted by molar-refractivity contribution is -0.169. The van der Waals surface area contributed by atoms with Crippen molar-refractivity contribution in [2.75, 3.05) is 0 Å². The molecule has 0 aromatic heterocycles. The molecule has 3 aliphatic carbocycles. The van der Waals surface area contributed by atoms with Gasteiger partial charge in [0.2, 0.25) is 0 Å². The average molecular weight is 266 g/mol. The number of Topliss-reactive ketones (excluding diaryl/α,β-unsaturated/α-hetero) is 1. The number of ketones is 1. The molecule has 0 unspecified atom stereocenters. The van der Waals surface area contributed by atoms with Gasteiger partial charge < -0.3 is 15.3 Å². The first kappa shape index (κ1) is 13.3. The molecule has 0 spiro atoms. The van der Waals surface area contributed by atoms with E-state index in [0.29, 0.717) is 12.8 Å². The maximum absolute atomic E-state index is 12.3. The van der Waals surface area contributed by atoms with Crippen LogP contribution in [0, 0.1) is 23.7 Å². The highest BCUT2D eigenvalue weighted by atomic mass is 16.3. The van der Waals surface area contributed by atoms with Crippen LogP contribution in [0.2, 0.25) is 0 Å². The van der Waals surface area contributed by atoms with Crippen molar-refractivity contribution in [2.24, 2.45) is 23.7 Å². The van der Waals surface area contributed by atoms with E-state index in [-0.39, 0.29) is 23.2 Å². The van der Waals surface area contributed by atoms with Crippen molar-refractivity contribution in [1.29, 1.82) is 0 Å². The average Bonchev–Trinajstić information content (AvgIpc) is 2.52. The molecule has 0 aliphatic heterocycles. The fraction of sp³-hybridized carbons (Fsp3) is 0.800. The van der Waals surface area contributed by atoms with E-state index in [1.54, 1.807) is 6.92 Å². The molecule has 3 fully saturated rings. The highest BCUT2D eigenvalue weighted by molar-refractivity contribution is 5.93. The van der Waals surface area contributed by atoms with Crippen LogP contribution in [-0.2, 0) is 4.79 Å². The third-order valence-corrected chi connectivity index (χ3v) is 5.88. The van der Waals surface area contributed by atoms with Gasteiger partial charge in [-0.25, -0.2) is 0 Å². The van der Waals surface area contributed by atoms with Gasteiger partial charge in [-0.05, 0) is 37.2 Å².